The van der Waals surface area contributed by atoms with Crippen LogP contribution in [0.15, 0.2) is 17.5 Å². The predicted octanol–water partition coefficient (Wildman–Crippen LogP) is 2.48. The number of piperidine rings is 1. The quantitative estimate of drug-likeness (QED) is 0.933. The maximum absolute atomic E-state index is 4.68. The number of nitrogens with one attached hydrogen (secondary N) is 1. The summed E-state index contributed by atoms with van der Waals surface area (Å²) in [5, 5.41) is 10.1. The lowest BCUT2D eigenvalue weighted by Gasteiger charge is -2.22. The Morgan fingerprint density at radius 1 is 1.53 bits per heavy atom. The van der Waals surface area contributed by atoms with Crippen molar-refractivity contribution in [2.75, 3.05) is 13.1 Å². The molecule has 0 aromatic carbocycles. The van der Waals surface area contributed by atoms with E-state index in [0.29, 0.717) is 0 Å². The number of rotatable bonds is 4. The average molecular weight is 276 g/mol. The highest BCUT2D eigenvalue weighted by Crippen LogP contribution is 2.22. The van der Waals surface area contributed by atoms with Crippen LogP contribution in [0.4, 0.5) is 0 Å². The minimum Gasteiger partial charge on any atom is -0.316 e. The highest BCUT2D eigenvalue weighted by atomic mass is 32.1. The summed E-state index contributed by atoms with van der Waals surface area (Å²) in [5.41, 5.74) is 0. The fraction of sp³-hybridized carbons (Fsp3) is 0.571. The molecule has 1 aliphatic heterocycles. The van der Waals surface area contributed by atoms with Crippen LogP contribution in [0.1, 0.15) is 25.1 Å². The molecule has 0 aliphatic carbocycles. The Balaban J connectivity index is 1.64. The zero-order valence-electron chi connectivity index (χ0n) is 11.3. The fourth-order valence-electron chi connectivity index (χ4n) is 2.65. The molecule has 0 saturated carbocycles. The van der Waals surface area contributed by atoms with Crippen molar-refractivity contribution >= 4 is 11.3 Å². The van der Waals surface area contributed by atoms with Gasteiger partial charge in [-0.1, -0.05) is 6.07 Å². The van der Waals surface area contributed by atoms with Crippen molar-refractivity contribution in [1.29, 1.82) is 0 Å². The Hall–Kier alpha value is -1.20. The standard InChI is InChI=1S/C14H20N4S/c1-18-13(7-6-11-4-2-8-15-10-11)16-14(17-18)12-5-3-9-19-12/h3,5,9,11,15H,2,4,6-8,10H2,1H3. The van der Waals surface area contributed by atoms with E-state index in [1.54, 1.807) is 11.3 Å². The van der Waals surface area contributed by atoms with Gasteiger partial charge in [0.25, 0.3) is 0 Å². The van der Waals surface area contributed by atoms with Gasteiger partial charge in [0, 0.05) is 13.5 Å². The first kappa shape index (κ1) is 12.8. The minimum absolute atomic E-state index is 0.802. The Kier molecular flexibility index (Phi) is 3.94. The number of hydrogen-bond acceptors (Lipinski definition) is 4. The molecule has 4 nitrogen and oxygen atoms in total. The lowest BCUT2D eigenvalue weighted by Crippen LogP contribution is -2.30. The summed E-state index contributed by atoms with van der Waals surface area (Å²) in [6, 6.07) is 4.12. The van der Waals surface area contributed by atoms with Crippen molar-refractivity contribution in [3.8, 4) is 10.7 Å². The van der Waals surface area contributed by atoms with Crippen molar-refractivity contribution in [2.24, 2.45) is 13.0 Å². The molecule has 5 heteroatoms. The number of nitrogens with zero attached hydrogens (tertiary/aromatic N) is 3. The normalized spacial score (nSPS) is 19.7. The molecular weight excluding hydrogens is 256 g/mol. The Bertz CT molecular complexity index is 512. The van der Waals surface area contributed by atoms with Crippen LogP contribution in [0.2, 0.25) is 0 Å². The second-order valence-corrected chi connectivity index (χ2v) is 6.15. The lowest BCUT2D eigenvalue weighted by molar-refractivity contribution is 0.354. The van der Waals surface area contributed by atoms with Crippen LogP contribution >= 0.6 is 11.3 Å². The van der Waals surface area contributed by atoms with Gasteiger partial charge in [-0.05, 0) is 49.7 Å². The third-order valence-electron chi connectivity index (χ3n) is 3.77. The molecule has 1 fully saturated rings. The molecule has 1 saturated heterocycles. The molecule has 102 valence electrons. The van der Waals surface area contributed by atoms with Gasteiger partial charge >= 0.3 is 0 Å². The van der Waals surface area contributed by atoms with Gasteiger partial charge in [-0.25, -0.2) is 4.98 Å². The van der Waals surface area contributed by atoms with Gasteiger partial charge in [-0.3, -0.25) is 4.68 Å². The monoisotopic (exact) mass is 276 g/mol. The van der Waals surface area contributed by atoms with E-state index in [4.69, 9.17) is 0 Å². The molecule has 1 atom stereocenters. The molecule has 0 spiro atoms. The Morgan fingerprint density at radius 3 is 3.21 bits per heavy atom. The summed E-state index contributed by atoms with van der Waals surface area (Å²) in [7, 11) is 2.00. The molecule has 3 heterocycles. The van der Waals surface area contributed by atoms with Gasteiger partial charge < -0.3 is 5.32 Å². The molecule has 1 unspecified atom stereocenters. The fourth-order valence-corrected chi connectivity index (χ4v) is 3.30. The largest absolute Gasteiger partial charge is 0.316 e. The van der Waals surface area contributed by atoms with E-state index in [-0.39, 0.29) is 0 Å². The Labute approximate surface area is 117 Å². The molecule has 3 rings (SSSR count). The molecule has 0 bridgehead atoms. The number of aromatic nitrogens is 3. The molecule has 1 aliphatic rings. The molecule has 1 N–H and O–H groups in total. The molecule has 0 radical (unpaired) electrons. The number of thiophene rings is 1. The van der Waals surface area contributed by atoms with Crippen LogP contribution < -0.4 is 5.32 Å². The van der Waals surface area contributed by atoms with Gasteiger partial charge in [0.05, 0.1) is 4.88 Å². The van der Waals surface area contributed by atoms with Crippen LogP contribution in [-0.4, -0.2) is 27.9 Å². The number of aryl methyl sites for hydroxylation is 2. The number of hydrogen-bond donors (Lipinski definition) is 1. The van der Waals surface area contributed by atoms with Crippen molar-refractivity contribution < 1.29 is 0 Å². The SMILES string of the molecule is Cn1nc(-c2cccs2)nc1CCC1CCCNC1. The van der Waals surface area contributed by atoms with Crippen LogP contribution in [0, 0.1) is 5.92 Å². The van der Waals surface area contributed by atoms with Crippen molar-refractivity contribution in [3.63, 3.8) is 0 Å². The highest BCUT2D eigenvalue weighted by molar-refractivity contribution is 7.13. The Morgan fingerprint density at radius 2 is 2.47 bits per heavy atom. The van der Waals surface area contributed by atoms with Crippen LogP contribution in [-0.2, 0) is 13.5 Å². The van der Waals surface area contributed by atoms with Gasteiger partial charge in [0.2, 0.25) is 0 Å². The van der Waals surface area contributed by atoms with Gasteiger partial charge in [-0.15, -0.1) is 11.3 Å². The topological polar surface area (TPSA) is 42.7 Å². The van der Waals surface area contributed by atoms with Crippen LogP contribution in [0.5, 0.6) is 0 Å². The second-order valence-electron chi connectivity index (χ2n) is 5.20. The van der Waals surface area contributed by atoms with Crippen molar-refractivity contribution in [3.05, 3.63) is 23.3 Å². The maximum atomic E-state index is 4.68. The van der Waals surface area contributed by atoms with Gasteiger partial charge in [0.15, 0.2) is 5.82 Å². The third-order valence-corrected chi connectivity index (χ3v) is 4.64. The van der Waals surface area contributed by atoms with E-state index in [1.807, 2.05) is 17.8 Å². The average Bonchev–Trinajstić information content (AvgIpc) is 3.07. The summed E-state index contributed by atoms with van der Waals surface area (Å²) >= 11 is 1.70. The molecule has 0 amide bonds. The first-order valence-electron chi connectivity index (χ1n) is 6.97. The van der Waals surface area contributed by atoms with Crippen molar-refractivity contribution in [2.45, 2.75) is 25.7 Å². The van der Waals surface area contributed by atoms with E-state index in [1.165, 1.54) is 25.8 Å². The van der Waals surface area contributed by atoms with E-state index in [0.717, 1.165) is 35.4 Å². The van der Waals surface area contributed by atoms with Crippen molar-refractivity contribution in [1.82, 2.24) is 20.1 Å². The zero-order chi connectivity index (χ0) is 13.1. The lowest BCUT2D eigenvalue weighted by atomic mass is 9.94. The van der Waals surface area contributed by atoms with Gasteiger partial charge in [-0.2, -0.15) is 5.10 Å². The summed E-state index contributed by atoms with van der Waals surface area (Å²) in [5.74, 6) is 2.78. The van der Waals surface area contributed by atoms with Crippen LogP contribution in [0.25, 0.3) is 10.7 Å². The smallest absolute Gasteiger partial charge is 0.191 e. The molecule has 2 aromatic rings. The minimum atomic E-state index is 0.802. The zero-order valence-corrected chi connectivity index (χ0v) is 12.1. The molecular formula is C14H20N4S. The second kappa shape index (κ2) is 5.84. The summed E-state index contributed by atoms with van der Waals surface area (Å²) in [4.78, 5) is 5.83. The predicted molar refractivity (Wildman–Crippen MR) is 78.2 cm³/mol. The highest BCUT2D eigenvalue weighted by Gasteiger charge is 2.15. The van der Waals surface area contributed by atoms with Crippen LogP contribution in [0.3, 0.4) is 0 Å². The van der Waals surface area contributed by atoms with E-state index in [2.05, 4.69) is 26.8 Å². The maximum Gasteiger partial charge on any atom is 0.191 e. The summed E-state index contributed by atoms with van der Waals surface area (Å²) in [6.45, 7) is 2.35. The van der Waals surface area contributed by atoms with Gasteiger partial charge in [0.1, 0.15) is 5.82 Å². The van der Waals surface area contributed by atoms with E-state index >= 15 is 0 Å². The first-order valence-corrected chi connectivity index (χ1v) is 7.85. The molecule has 2 aromatic heterocycles. The molecule has 19 heavy (non-hydrogen) atoms. The van der Waals surface area contributed by atoms with E-state index < -0.39 is 0 Å². The summed E-state index contributed by atoms with van der Waals surface area (Å²) < 4.78 is 1.94. The first-order chi connectivity index (χ1) is 9.33. The summed E-state index contributed by atoms with van der Waals surface area (Å²) in [6.07, 6.45) is 4.90. The third kappa shape index (κ3) is 3.04. The van der Waals surface area contributed by atoms with E-state index in [9.17, 15) is 0 Å².